The molecule has 3 unspecified atom stereocenters. The lowest BCUT2D eigenvalue weighted by molar-refractivity contribution is 0.252. The summed E-state index contributed by atoms with van der Waals surface area (Å²) in [6.07, 6.45) is 4.79. The van der Waals surface area contributed by atoms with Crippen LogP contribution in [0.25, 0.3) is 10.8 Å². The number of fused-ring (bicyclic) bond motifs is 2. The average Bonchev–Trinajstić information content (AvgIpc) is 3.08. The minimum absolute atomic E-state index is 0.0960. The van der Waals surface area contributed by atoms with Crippen LogP contribution in [0.15, 0.2) is 41.6 Å². The molecule has 1 aromatic carbocycles. The molecule has 4 nitrogen and oxygen atoms in total. The fraction of sp³-hybridized carbons (Fsp3) is 0.471. The van der Waals surface area contributed by atoms with Gasteiger partial charge in [-0.2, -0.15) is 0 Å². The number of nitrogens with one attached hydrogen (secondary N) is 1. The smallest absolute Gasteiger partial charge is 0.182 e. The fourth-order valence-electron chi connectivity index (χ4n) is 4.03. The molecule has 2 saturated heterocycles. The third-order valence-corrected chi connectivity index (χ3v) is 6.94. The SMILES string of the molecule is CC1(C)C2NCCC2CN1[S+]([O-])c1cccc2cnccc12. The minimum atomic E-state index is -1.15. The number of hydrogen-bond acceptors (Lipinski definition) is 4. The van der Waals surface area contributed by atoms with Gasteiger partial charge < -0.3 is 9.87 Å². The lowest BCUT2D eigenvalue weighted by Gasteiger charge is -2.34. The predicted molar refractivity (Wildman–Crippen MR) is 88.8 cm³/mol. The van der Waals surface area contributed by atoms with Gasteiger partial charge in [-0.05, 0) is 44.9 Å². The molecule has 1 aromatic heterocycles. The Kier molecular flexibility index (Phi) is 3.42. The van der Waals surface area contributed by atoms with Crippen molar-refractivity contribution in [2.45, 2.75) is 36.7 Å². The Labute approximate surface area is 134 Å². The zero-order chi connectivity index (χ0) is 15.3. The molecule has 22 heavy (non-hydrogen) atoms. The van der Waals surface area contributed by atoms with Gasteiger partial charge in [0, 0.05) is 35.8 Å². The highest BCUT2D eigenvalue weighted by Crippen LogP contribution is 2.41. The largest absolute Gasteiger partial charge is 0.593 e. The minimum Gasteiger partial charge on any atom is -0.593 e. The summed E-state index contributed by atoms with van der Waals surface area (Å²) in [5, 5.41) is 5.68. The standard InChI is InChI=1S/C17H21N3OS/c1-17(2)16-13(6-9-19-16)11-20(17)22(21)15-5-3-4-12-10-18-8-7-14(12)15/h3-5,7-8,10,13,16,19H,6,9,11H2,1-2H3. The third-order valence-electron chi connectivity index (χ3n) is 5.18. The maximum absolute atomic E-state index is 13.3. The van der Waals surface area contributed by atoms with E-state index in [1.54, 1.807) is 6.20 Å². The summed E-state index contributed by atoms with van der Waals surface area (Å²) < 4.78 is 15.5. The zero-order valence-electron chi connectivity index (χ0n) is 13.0. The van der Waals surface area contributed by atoms with Crippen molar-refractivity contribution in [3.8, 4) is 0 Å². The molecule has 0 radical (unpaired) electrons. The lowest BCUT2D eigenvalue weighted by Crippen LogP contribution is -2.52. The van der Waals surface area contributed by atoms with E-state index in [0.717, 1.165) is 28.8 Å². The van der Waals surface area contributed by atoms with Gasteiger partial charge in [0.2, 0.25) is 0 Å². The van der Waals surface area contributed by atoms with Crippen molar-refractivity contribution < 1.29 is 4.55 Å². The van der Waals surface area contributed by atoms with Crippen molar-refractivity contribution in [2.24, 2.45) is 5.92 Å². The quantitative estimate of drug-likeness (QED) is 0.864. The number of nitrogens with zero attached hydrogens (tertiary/aromatic N) is 2. The maximum Gasteiger partial charge on any atom is 0.182 e. The van der Waals surface area contributed by atoms with Crippen LogP contribution in [-0.4, -0.2) is 38.5 Å². The molecular formula is C17H21N3OS. The predicted octanol–water partition coefficient (Wildman–Crippen LogP) is 2.33. The molecule has 3 atom stereocenters. The second kappa shape index (κ2) is 5.20. The van der Waals surface area contributed by atoms with E-state index >= 15 is 0 Å². The van der Waals surface area contributed by atoms with E-state index in [-0.39, 0.29) is 5.54 Å². The molecular weight excluding hydrogens is 294 g/mol. The first-order valence-corrected chi connectivity index (χ1v) is 8.95. The van der Waals surface area contributed by atoms with Gasteiger partial charge in [0.1, 0.15) is 0 Å². The molecule has 3 heterocycles. The summed E-state index contributed by atoms with van der Waals surface area (Å²) in [5.74, 6) is 0.607. The highest BCUT2D eigenvalue weighted by molar-refractivity contribution is 7.89. The average molecular weight is 315 g/mol. The maximum atomic E-state index is 13.3. The molecule has 2 fully saturated rings. The van der Waals surface area contributed by atoms with Crippen LogP contribution in [0.2, 0.25) is 0 Å². The number of benzene rings is 1. The van der Waals surface area contributed by atoms with Crippen molar-refractivity contribution >= 4 is 22.1 Å². The van der Waals surface area contributed by atoms with E-state index in [0.29, 0.717) is 12.0 Å². The van der Waals surface area contributed by atoms with Crippen LogP contribution >= 0.6 is 0 Å². The highest BCUT2D eigenvalue weighted by Gasteiger charge is 2.55. The molecule has 2 aromatic rings. The second-order valence-corrected chi connectivity index (χ2v) is 8.18. The molecule has 0 bridgehead atoms. The summed E-state index contributed by atoms with van der Waals surface area (Å²) in [5.41, 5.74) is -0.0960. The second-order valence-electron chi connectivity index (χ2n) is 6.80. The van der Waals surface area contributed by atoms with Crippen LogP contribution in [0.3, 0.4) is 0 Å². The number of rotatable bonds is 2. The van der Waals surface area contributed by atoms with Crippen molar-refractivity contribution in [1.82, 2.24) is 14.6 Å². The first kappa shape index (κ1) is 14.5. The van der Waals surface area contributed by atoms with Gasteiger partial charge in [0.15, 0.2) is 4.90 Å². The highest BCUT2D eigenvalue weighted by atomic mass is 32.2. The van der Waals surface area contributed by atoms with Crippen LogP contribution in [0.5, 0.6) is 0 Å². The third kappa shape index (κ3) is 2.07. The molecule has 116 valence electrons. The first-order chi connectivity index (χ1) is 10.6. The Hall–Kier alpha value is -1.14. The molecule has 2 aliphatic heterocycles. The zero-order valence-corrected chi connectivity index (χ0v) is 13.8. The van der Waals surface area contributed by atoms with Crippen LogP contribution in [-0.2, 0) is 11.4 Å². The van der Waals surface area contributed by atoms with Gasteiger partial charge in [0.05, 0.1) is 16.9 Å². The number of aromatic nitrogens is 1. The molecule has 1 N–H and O–H groups in total. The van der Waals surface area contributed by atoms with E-state index in [9.17, 15) is 4.55 Å². The van der Waals surface area contributed by atoms with Crippen molar-refractivity contribution in [1.29, 1.82) is 0 Å². The van der Waals surface area contributed by atoms with E-state index < -0.39 is 11.4 Å². The van der Waals surface area contributed by atoms with Crippen molar-refractivity contribution in [3.63, 3.8) is 0 Å². The van der Waals surface area contributed by atoms with Crippen LogP contribution in [0, 0.1) is 5.92 Å². The first-order valence-electron chi connectivity index (χ1n) is 7.85. The summed E-state index contributed by atoms with van der Waals surface area (Å²) >= 11 is -1.15. The molecule has 0 amide bonds. The summed E-state index contributed by atoms with van der Waals surface area (Å²) in [4.78, 5) is 5.06. The number of hydrogen-bond donors (Lipinski definition) is 1. The van der Waals surface area contributed by atoms with Gasteiger partial charge in [0.25, 0.3) is 0 Å². The number of pyridine rings is 1. The van der Waals surface area contributed by atoms with E-state index in [2.05, 4.69) is 28.5 Å². The molecule has 0 spiro atoms. The van der Waals surface area contributed by atoms with Crippen molar-refractivity contribution in [2.75, 3.05) is 13.1 Å². The Morgan fingerprint density at radius 1 is 1.36 bits per heavy atom. The van der Waals surface area contributed by atoms with Crippen LogP contribution in [0.4, 0.5) is 0 Å². The Morgan fingerprint density at radius 2 is 2.23 bits per heavy atom. The Morgan fingerprint density at radius 3 is 3.05 bits per heavy atom. The molecule has 2 aliphatic rings. The van der Waals surface area contributed by atoms with Crippen LogP contribution < -0.4 is 5.32 Å². The summed E-state index contributed by atoms with van der Waals surface area (Å²) in [6, 6.07) is 8.38. The summed E-state index contributed by atoms with van der Waals surface area (Å²) in [6.45, 7) is 6.40. The Bertz CT molecular complexity index is 700. The van der Waals surface area contributed by atoms with E-state index in [4.69, 9.17) is 0 Å². The van der Waals surface area contributed by atoms with Crippen LogP contribution in [0.1, 0.15) is 20.3 Å². The van der Waals surface area contributed by atoms with Gasteiger partial charge >= 0.3 is 0 Å². The molecule has 5 heteroatoms. The molecule has 4 rings (SSSR count). The van der Waals surface area contributed by atoms with Gasteiger partial charge in [-0.15, -0.1) is 4.31 Å². The molecule has 0 saturated carbocycles. The van der Waals surface area contributed by atoms with Crippen molar-refractivity contribution in [3.05, 3.63) is 36.7 Å². The summed E-state index contributed by atoms with van der Waals surface area (Å²) in [7, 11) is 0. The fourth-order valence-corrected chi connectivity index (χ4v) is 5.70. The topological polar surface area (TPSA) is 51.2 Å². The van der Waals surface area contributed by atoms with Gasteiger partial charge in [-0.25, -0.2) is 0 Å². The normalized spacial score (nSPS) is 28.9. The monoisotopic (exact) mass is 315 g/mol. The lowest BCUT2D eigenvalue weighted by atomic mass is 9.92. The van der Waals surface area contributed by atoms with E-state index in [1.165, 1.54) is 6.42 Å². The van der Waals surface area contributed by atoms with Gasteiger partial charge in [-0.1, -0.05) is 12.1 Å². The van der Waals surface area contributed by atoms with E-state index in [1.807, 2.05) is 30.5 Å². The molecule has 0 aliphatic carbocycles. The Balaban J connectivity index is 1.73. The van der Waals surface area contributed by atoms with Gasteiger partial charge in [-0.3, -0.25) is 4.98 Å².